The highest BCUT2D eigenvalue weighted by Crippen LogP contribution is 2.38. The molecule has 0 radical (unpaired) electrons. The Labute approximate surface area is 179 Å². The lowest BCUT2D eigenvalue weighted by Crippen LogP contribution is -2.36. The molecule has 0 atom stereocenters. The van der Waals surface area contributed by atoms with E-state index in [2.05, 4.69) is 4.74 Å². The first kappa shape index (κ1) is 23.1. The molecular weight excluding hydrogens is 433 g/mol. The molecule has 168 valence electrons. The molecule has 0 unspecified atom stereocenters. The van der Waals surface area contributed by atoms with Gasteiger partial charge in [0.15, 0.2) is 0 Å². The van der Waals surface area contributed by atoms with Crippen molar-refractivity contribution in [3.8, 4) is 5.75 Å². The number of anilines is 1. The van der Waals surface area contributed by atoms with Gasteiger partial charge in [-0.05, 0) is 42.7 Å². The predicted octanol–water partition coefficient (Wildman–Crippen LogP) is 4.05. The van der Waals surface area contributed by atoms with E-state index in [9.17, 15) is 26.4 Å². The Bertz CT molecular complexity index is 1070. The molecule has 1 amide bonds. The van der Waals surface area contributed by atoms with E-state index in [0.29, 0.717) is 18.4 Å². The summed E-state index contributed by atoms with van der Waals surface area (Å²) >= 11 is 0. The van der Waals surface area contributed by atoms with Gasteiger partial charge in [0.1, 0.15) is 16.5 Å². The van der Waals surface area contributed by atoms with Gasteiger partial charge in [0.05, 0.1) is 5.69 Å². The van der Waals surface area contributed by atoms with Crippen molar-refractivity contribution in [3.05, 3.63) is 53.3 Å². The maximum Gasteiger partial charge on any atom is 0.387 e. The number of alkyl halides is 2. The van der Waals surface area contributed by atoms with Gasteiger partial charge in [-0.15, -0.1) is 0 Å². The normalized spacial score (nSPS) is 14.1. The van der Waals surface area contributed by atoms with Gasteiger partial charge in [-0.1, -0.05) is 26.0 Å². The van der Waals surface area contributed by atoms with E-state index in [-0.39, 0.29) is 36.6 Å². The van der Waals surface area contributed by atoms with Crippen molar-refractivity contribution in [2.24, 2.45) is 0 Å². The van der Waals surface area contributed by atoms with Crippen molar-refractivity contribution >= 4 is 21.6 Å². The van der Waals surface area contributed by atoms with Gasteiger partial charge in [-0.3, -0.25) is 4.79 Å². The minimum absolute atomic E-state index is 0.0631. The highest BCUT2D eigenvalue weighted by atomic mass is 32.2. The van der Waals surface area contributed by atoms with Crippen LogP contribution in [0.25, 0.3) is 0 Å². The summed E-state index contributed by atoms with van der Waals surface area (Å²) in [4.78, 5) is 13.9. The topological polar surface area (TPSA) is 66.9 Å². The van der Waals surface area contributed by atoms with Crippen LogP contribution in [0.2, 0.25) is 0 Å². The van der Waals surface area contributed by atoms with Crippen LogP contribution in [0.5, 0.6) is 5.75 Å². The monoisotopic (exact) mass is 456 g/mol. The Morgan fingerprint density at radius 1 is 1.19 bits per heavy atom. The van der Waals surface area contributed by atoms with Gasteiger partial charge in [0.2, 0.25) is 10.0 Å². The number of fused-ring (bicyclic) bond motifs is 1. The second kappa shape index (κ2) is 9.27. The van der Waals surface area contributed by atoms with Crippen LogP contribution < -0.4 is 9.64 Å². The number of halogens is 3. The zero-order valence-corrected chi connectivity index (χ0v) is 18.0. The summed E-state index contributed by atoms with van der Waals surface area (Å²) in [6.45, 7) is 0.702. The van der Waals surface area contributed by atoms with Crippen LogP contribution in [0, 0.1) is 5.82 Å². The fraction of sp³-hybridized carbons (Fsp3) is 0.381. The molecular formula is C21H23F3N2O4S. The largest absolute Gasteiger partial charge is 0.433 e. The van der Waals surface area contributed by atoms with Crippen LogP contribution in [0.1, 0.15) is 36.2 Å². The van der Waals surface area contributed by atoms with Crippen LogP contribution >= 0.6 is 0 Å². The summed E-state index contributed by atoms with van der Waals surface area (Å²) in [5.41, 5.74) is 0.819. The van der Waals surface area contributed by atoms with Crippen LogP contribution in [0.15, 0.2) is 41.3 Å². The van der Waals surface area contributed by atoms with E-state index < -0.39 is 33.3 Å². The number of ether oxygens (including phenoxy) is 1. The smallest absolute Gasteiger partial charge is 0.387 e. The first-order valence-corrected chi connectivity index (χ1v) is 11.3. The maximum atomic E-state index is 14.4. The number of aryl methyl sites for hydroxylation is 1. The number of para-hydroxylation sites is 1. The third-order valence-electron chi connectivity index (χ3n) is 5.14. The number of nitrogens with zero attached hydrogens (tertiary/aromatic N) is 2. The molecule has 0 spiro atoms. The molecule has 0 aromatic heterocycles. The summed E-state index contributed by atoms with van der Waals surface area (Å²) in [6, 6.07) is 7.73. The zero-order valence-electron chi connectivity index (χ0n) is 17.1. The molecule has 1 heterocycles. The first-order chi connectivity index (χ1) is 14.7. The van der Waals surface area contributed by atoms with Crippen molar-refractivity contribution in [2.45, 2.75) is 38.2 Å². The molecule has 0 saturated heterocycles. The highest BCUT2D eigenvalue weighted by molar-refractivity contribution is 7.89. The van der Waals surface area contributed by atoms with Gasteiger partial charge >= 0.3 is 6.61 Å². The molecule has 2 aromatic rings. The average Bonchev–Trinajstić information content (AvgIpc) is 2.73. The van der Waals surface area contributed by atoms with Gasteiger partial charge in [-0.2, -0.15) is 13.1 Å². The lowest BCUT2D eigenvalue weighted by molar-refractivity contribution is -0.0495. The number of hydrogen-bond acceptors (Lipinski definition) is 4. The molecule has 0 N–H and O–H groups in total. The minimum atomic E-state index is -4.14. The minimum Gasteiger partial charge on any atom is -0.433 e. The SMILES string of the molecule is CCN(CC)S(=O)(=O)c1cc(C(=O)N2CCCc3cccc(OC(F)F)c32)ccc1F. The molecule has 31 heavy (non-hydrogen) atoms. The van der Waals surface area contributed by atoms with Gasteiger partial charge < -0.3 is 9.64 Å². The first-order valence-electron chi connectivity index (χ1n) is 9.89. The van der Waals surface area contributed by atoms with Crippen LogP contribution in [0.3, 0.4) is 0 Å². The van der Waals surface area contributed by atoms with Gasteiger partial charge in [0, 0.05) is 25.2 Å². The van der Waals surface area contributed by atoms with E-state index >= 15 is 0 Å². The molecule has 1 aliphatic rings. The molecule has 0 saturated carbocycles. The average molecular weight is 456 g/mol. The Hall–Kier alpha value is -2.59. The van der Waals surface area contributed by atoms with E-state index in [4.69, 9.17) is 0 Å². The number of hydrogen-bond donors (Lipinski definition) is 0. The van der Waals surface area contributed by atoms with Crippen molar-refractivity contribution in [1.82, 2.24) is 4.31 Å². The number of benzene rings is 2. The van der Waals surface area contributed by atoms with Crippen molar-refractivity contribution in [1.29, 1.82) is 0 Å². The molecule has 0 bridgehead atoms. The number of amides is 1. The van der Waals surface area contributed by atoms with Crippen molar-refractivity contribution in [2.75, 3.05) is 24.5 Å². The second-order valence-electron chi connectivity index (χ2n) is 6.94. The number of carbonyl (C=O) groups excluding carboxylic acids is 1. The summed E-state index contributed by atoms with van der Waals surface area (Å²) in [5, 5.41) is 0. The highest BCUT2D eigenvalue weighted by Gasteiger charge is 2.31. The summed E-state index contributed by atoms with van der Waals surface area (Å²) in [7, 11) is -4.14. The third kappa shape index (κ3) is 4.54. The fourth-order valence-electron chi connectivity index (χ4n) is 3.70. The summed E-state index contributed by atoms with van der Waals surface area (Å²) in [6.07, 6.45) is 1.16. The second-order valence-corrected chi connectivity index (χ2v) is 8.84. The maximum absolute atomic E-state index is 14.4. The van der Waals surface area contributed by atoms with Gasteiger partial charge in [0.25, 0.3) is 5.91 Å². The van der Waals surface area contributed by atoms with Crippen LogP contribution in [-0.4, -0.2) is 44.9 Å². The molecule has 2 aromatic carbocycles. The van der Waals surface area contributed by atoms with Crippen molar-refractivity contribution < 1.29 is 31.1 Å². The van der Waals surface area contributed by atoms with Crippen LogP contribution in [-0.2, 0) is 16.4 Å². The molecule has 10 heteroatoms. The Balaban J connectivity index is 2.05. The Morgan fingerprint density at radius 2 is 1.90 bits per heavy atom. The fourth-order valence-corrected chi connectivity index (χ4v) is 5.25. The molecule has 1 aliphatic heterocycles. The van der Waals surface area contributed by atoms with E-state index in [1.807, 2.05) is 0 Å². The zero-order chi connectivity index (χ0) is 22.8. The molecule has 0 aliphatic carbocycles. The number of carbonyl (C=O) groups is 1. The Kier molecular flexibility index (Phi) is 6.90. The molecule has 0 fully saturated rings. The summed E-state index contributed by atoms with van der Waals surface area (Å²) < 4.78 is 71.4. The Morgan fingerprint density at radius 3 is 2.55 bits per heavy atom. The predicted molar refractivity (Wildman–Crippen MR) is 110 cm³/mol. The van der Waals surface area contributed by atoms with E-state index in [1.54, 1.807) is 26.0 Å². The molecule has 3 rings (SSSR count). The third-order valence-corrected chi connectivity index (χ3v) is 7.21. The lowest BCUT2D eigenvalue weighted by Gasteiger charge is -2.31. The number of rotatable bonds is 7. The number of sulfonamides is 1. The van der Waals surface area contributed by atoms with Crippen LogP contribution in [0.4, 0.5) is 18.9 Å². The van der Waals surface area contributed by atoms with E-state index in [0.717, 1.165) is 16.4 Å². The lowest BCUT2D eigenvalue weighted by atomic mass is 10.00. The quantitative estimate of drug-likeness (QED) is 0.631. The van der Waals surface area contributed by atoms with Gasteiger partial charge in [-0.25, -0.2) is 12.8 Å². The van der Waals surface area contributed by atoms with Crippen molar-refractivity contribution in [3.63, 3.8) is 0 Å². The molecule has 6 nitrogen and oxygen atoms in total. The summed E-state index contributed by atoms with van der Waals surface area (Å²) in [5.74, 6) is -1.73. The van der Waals surface area contributed by atoms with E-state index in [1.165, 1.54) is 17.0 Å². The standard InChI is InChI=1S/C21H23F3N2O4S/c1-3-25(4-2)31(28,29)18-13-15(10-11-16(18)22)20(27)26-12-6-8-14-7-5-9-17(19(14)26)30-21(23)24/h5,7,9-11,13,21H,3-4,6,8,12H2,1-2H3.